The molecule has 0 saturated carbocycles. The minimum atomic E-state index is -1.89. The van der Waals surface area contributed by atoms with Crippen molar-refractivity contribution < 1.29 is 49.3 Å². The summed E-state index contributed by atoms with van der Waals surface area (Å²) in [6.07, 6.45) is -9.15. The molecule has 11 heteroatoms. The second-order valence-electron chi connectivity index (χ2n) is 7.19. The highest BCUT2D eigenvalue weighted by molar-refractivity contribution is 5.86. The quantitative estimate of drug-likeness (QED) is 0.320. The predicted octanol–water partition coefficient (Wildman–Crippen LogP) is 0.142. The van der Waals surface area contributed by atoms with Crippen LogP contribution in [-0.4, -0.2) is 67.3 Å². The van der Waals surface area contributed by atoms with Crippen molar-refractivity contribution in [2.45, 2.75) is 30.7 Å². The van der Waals surface area contributed by atoms with E-state index in [2.05, 4.69) is 0 Å². The first-order valence-corrected chi connectivity index (χ1v) is 9.35. The molecular formula is C21H18O11. The monoisotopic (exact) mass is 446 g/mol. The minimum absolute atomic E-state index is 0.0169. The van der Waals surface area contributed by atoms with Gasteiger partial charge in [0, 0.05) is 23.8 Å². The zero-order valence-corrected chi connectivity index (χ0v) is 16.2. The molecule has 168 valence electrons. The highest BCUT2D eigenvalue weighted by Gasteiger charge is 2.48. The molecule has 0 bridgehead atoms. The maximum Gasteiger partial charge on any atom is 0.335 e. The third-order valence-corrected chi connectivity index (χ3v) is 5.00. The zero-order valence-electron chi connectivity index (χ0n) is 16.2. The number of aliphatic carboxylic acids is 1. The molecule has 1 aromatic heterocycles. The lowest BCUT2D eigenvalue weighted by Gasteiger charge is -2.38. The number of aromatic hydroxyl groups is 2. The van der Waals surface area contributed by atoms with Gasteiger partial charge in [0.25, 0.3) is 0 Å². The van der Waals surface area contributed by atoms with Gasteiger partial charge in [0.15, 0.2) is 11.5 Å². The summed E-state index contributed by atoms with van der Waals surface area (Å²) < 4.78 is 16.1. The lowest BCUT2D eigenvalue weighted by atomic mass is 9.99. The lowest BCUT2D eigenvalue weighted by Crippen LogP contribution is -2.61. The highest BCUT2D eigenvalue weighted by Crippen LogP contribution is 2.33. The fourth-order valence-corrected chi connectivity index (χ4v) is 3.36. The van der Waals surface area contributed by atoms with E-state index in [1.165, 1.54) is 30.3 Å². The summed E-state index contributed by atoms with van der Waals surface area (Å²) in [5.41, 5.74) is -0.173. The van der Waals surface area contributed by atoms with Gasteiger partial charge in [-0.15, -0.1) is 0 Å². The van der Waals surface area contributed by atoms with Crippen LogP contribution in [0.4, 0.5) is 0 Å². The van der Waals surface area contributed by atoms with E-state index in [-0.39, 0.29) is 28.2 Å². The zero-order chi connectivity index (χ0) is 23.2. The van der Waals surface area contributed by atoms with Gasteiger partial charge < -0.3 is 44.5 Å². The van der Waals surface area contributed by atoms with Gasteiger partial charge in [0.2, 0.25) is 6.29 Å². The molecule has 3 aromatic rings. The predicted molar refractivity (Wildman–Crippen MR) is 106 cm³/mol. The van der Waals surface area contributed by atoms with Crippen LogP contribution in [0.15, 0.2) is 51.7 Å². The van der Waals surface area contributed by atoms with Crippen LogP contribution in [0.1, 0.15) is 0 Å². The van der Waals surface area contributed by atoms with Crippen LogP contribution in [0.5, 0.6) is 17.2 Å². The van der Waals surface area contributed by atoms with E-state index in [1.807, 2.05) is 0 Å². The van der Waals surface area contributed by atoms with Gasteiger partial charge >= 0.3 is 5.97 Å². The molecule has 0 amide bonds. The van der Waals surface area contributed by atoms with E-state index < -0.39 is 47.9 Å². The number of aliphatic hydroxyl groups excluding tert-OH is 3. The number of hydrogen-bond donors (Lipinski definition) is 6. The Balaban J connectivity index is 1.71. The molecule has 0 unspecified atom stereocenters. The summed E-state index contributed by atoms with van der Waals surface area (Å²) >= 11 is 0. The maximum absolute atomic E-state index is 12.5. The second kappa shape index (κ2) is 8.13. The number of carboxylic acids is 1. The molecule has 1 fully saturated rings. The van der Waals surface area contributed by atoms with Crippen molar-refractivity contribution >= 4 is 16.9 Å². The first-order chi connectivity index (χ1) is 15.2. The van der Waals surface area contributed by atoms with E-state index >= 15 is 0 Å². The molecule has 1 saturated heterocycles. The fourth-order valence-electron chi connectivity index (χ4n) is 3.36. The number of fused-ring (bicyclic) bond motifs is 1. The van der Waals surface area contributed by atoms with E-state index in [4.69, 9.17) is 19.0 Å². The van der Waals surface area contributed by atoms with E-state index in [9.17, 15) is 35.1 Å². The Bertz CT molecular complexity index is 1220. The molecule has 32 heavy (non-hydrogen) atoms. The summed E-state index contributed by atoms with van der Waals surface area (Å²) in [5.74, 6) is -2.11. The Morgan fingerprint density at radius 2 is 1.62 bits per heavy atom. The standard InChI is InChI=1S/C21H18O11/c22-9-3-1-8(2-4-9)13-7-12(24)15-11(23)5-10(6-14(15)31-13)30-21-18(27)16(25)17(26)19(32-21)20(28)29/h1-7,16-19,21-23,25-27H,(H,28,29)/t16-,17+,18+,19-,21+/m0/s1. The van der Waals surface area contributed by atoms with Crippen molar-refractivity contribution in [1.82, 2.24) is 0 Å². The Hall–Kier alpha value is -3.64. The fraction of sp³-hybridized carbons (Fsp3) is 0.238. The number of benzene rings is 2. The SMILES string of the molecule is O=C(O)[C@H]1O[C@@H](Oc2cc(O)c3c(=O)cc(-c4ccc(O)cc4)oc3c2)[C@H](O)[C@@H](O)[C@H]1O. The first-order valence-electron chi connectivity index (χ1n) is 9.35. The summed E-state index contributed by atoms with van der Waals surface area (Å²) in [4.78, 5) is 23.7. The number of ether oxygens (including phenoxy) is 2. The van der Waals surface area contributed by atoms with Crippen LogP contribution in [0.2, 0.25) is 0 Å². The Morgan fingerprint density at radius 1 is 0.938 bits per heavy atom. The van der Waals surface area contributed by atoms with Crippen molar-refractivity contribution in [2.24, 2.45) is 0 Å². The van der Waals surface area contributed by atoms with Crippen LogP contribution in [0, 0.1) is 0 Å². The molecule has 0 radical (unpaired) electrons. The third-order valence-electron chi connectivity index (χ3n) is 5.00. The van der Waals surface area contributed by atoms with Crippen molar-refractivity contribution in [3.63, 3.8) is 0 Å². The molecule has 1 aliphatic rings. The van der Waals surface area contributed by atoms with Crippen LogP contribution in [0.3, 0.4) is 0 Å². The summed E-state index contributed by atoms with van der Waals surface area (Å²) in [6.45, 7) is 0. The third kappa shape index (κ3) is 3.85. The van der Waals surface area contributed by atoms with Gasteiger partial charge in [0.1, 0.15) is 52.3 Å². The van der Waals surface area contributed by atoms with Gasteiger partial charge in [-0.2, -0.15) is 0 Å². The molecule has 0 aliphatic carbocycles. The van der Waals surface area contributed by atoms with Crippen molar-refractivity contribution in [3.05, 3.63) is 52.7 Å². The van der Waals surface area contributed by atoms with Crippen molar-refractivity contribution in [1.29, 1.82) is 0 Å². The van der Waals surface area contributed by atoms with Crippen molar-refractivity contribution in [3.8, 4) is 28.6 Å². The number of hydrogen-bond acceptors (Lipinski definition) is 10. The smallest absolute Gasteiger partial charge is 0.335 e. The van der Waals surface area contributed by atoms with E-state index in [0.717, 1.165) is 12.1 Å². The number of carboxylic acid groups (broad SMARTS) is 1. The van der Waals surface area contributed by atoms with Gasteiger partial charge in [-0.1, -0.05) is 0 Å². The first kappa shape index (κ1) is 21.6. The normalized spacial score (nSPS) is 25.5. The van der Waals surface area contributed by atoms with Crippen LogP contribution in [0.25, 0.3) is 22.3 Å². The van der Waals surface area contributed by atoms with Crippen molar-refractivity contribution in [2.75, 3.05) is 0 Å². The number of phenols is 2. The Kier molecular flexibility index (Phi) is 5.48. The van der Waals surface area contributed by atoms with Gasteiger partial charge in [-0.25, -0.2) is 4.79 Å². The molecule has 4 rings (SSSR count). The van der Waals surface area contributed by atoms with Gasteiger partial charge in [-0.3, -0.25) is 4.79 Å². The number of aliphatic hydroxyl groups is 3. The average molecular weight is 446 g/mol. The number of rotatable bonds is 4. The minimum Gasteiger partial charge on any atom is -0.508 e. The van der Waals surface area contributed by atoms with Gasteiger partial charge in [0.05, 0.1) is 0 Å². The van der Waals surface area contributed by atoms with Crippen LogP contribution < -0.4 is 10.2 Å². The second-order valence-corrected chi connectivity index (χ2v) is 7.19. The summed E-state index contributed by atoms with van der Waals surface area (Å²) in [6, 6.07) is 9.24. The van der Waals surface area contributed by atoms with E-state index in [1.54, 1.807) is 0 Å². The van der Waals surface area contributed by atoms with E-state index in [0.29, 0.717) is 5.56 Å². The Labute approximate surface area is 178 Å². The van der Waals surface area contributed by atoms with Crippen LogP contribution >= 0.6 is 0 Å². The largest absolute Gasteiger partial charge is 0.508 e. The molecule has 0 spiro atoms. The Morgan fingerprint density at radius 3 is 2.28 bits per heavy atom. The maximum atomic E-state index is 12.5. The number of carbonyl (C=O) groups is 1. The average Bonchev–Trinajstić information content (AvgIpc) is 2.73. The summed E-state index contributed by atoms with van der Waals surface area (Å²) in [7, 11) is 0. The molecule has 5 atom stereocenters. The summed E-state index contributed by atoms with van der Waals surface area (Å²) in [5, 5.41) is 58.5. The molecule has 6 N–H and O–H groups in total. The molecular weight excluding hydrogens is 428 g/mol. The molecule has 2 aromatic carbocycles. The topological polar surface area (TPSA) is 187 Å². The van der Waals surface area contributed by atoms with Crippen LogP contribution in [-0.2, 0) is 9.53 Å². The highest BCUT2D eigenvalue weighted by atomic mass is 16.7. The molecule has 2 heterocycles. The lowest BCUT2D eigenvalue weighted by molar-refractivity contribution is -0.271. The molecule has 11 nitrogen and oxygen atoms in total. The molecule has 1 aliphatic heterocycles. The van der Waals surface area contributed by atoms with Gasteiger partial charge in [-0.05, 0) is 24.3 Å². The number of phenolic OH excluding ortho intramolecular Hbond substituents is 2.